The van der Waals surface area contributed by atoms with E-state index in [2.05, 4.69) is 10.2 Å². The highest BCUT2D eigenvalue weighted by molar-refractivity contribution is 5.80. The molecule has 0 bridgehead atoms. The molecule has 2 aliphatic carbocycles. The number of rotatable bonds is 5. The van der Waals surface area contributed by atoms with E-state index in [1.165, 1.54) is 52.1 Å². The van der Waals surface area contributed by atoms with Crippen LogP contribution in [0.2, 0.25) is 0 Å². The number of carbonyl (C=O) groups excluding carboxylic acids is 1. The van der Waals surface area contributed by atoms with Crippen LogP contribution < -0.4 is 5.32 Å². The predicted molar refractivity (Wildman–Crippen MR) is 78.5 cm³/mol. The predicted octanol–water partition coefficient (Wildman–Crippen LogP) is 1.93. The van der Waals surface area contributed by atoms with Gasteiger partial charge in [0.1, 0.15) is 5.54 Å². The molecule has 0 spiro atoms. The minimum absolute atomic E-state index is 0.107. The SMILES string of the molecule is COC(=O)C(C)(CN1CCCC2CCCC21)NC1CC1. The monoisotopic (exact) mass is 280 g/mol. The Bertz CT molecular complexity index is 369. The Balaban J connectivity index is 1.69. The number of ether oxygens (including phenoxy) is 1. The molecular weight excluding hydrogens is 252 g/mol. The van der Waals surface area contributed by atoms with Crippen LogP contribution in [0.5, 0.6) is 0 Å². The molecule has 4 heteroatoms. The van der Waals surface area contributed by atoms with Gasteiger partial charge in [0.2, 0.25) is 0 Å². The largest absolute Gasteiger partial charge is 0.468 e. The second-order valence-corrected chi connectivity index (χ2v) is 7.11. The normalized spacial score (nSPS) is 33.5. The molecule has 3 unspecified atom stereocenters. The molecule has 3 atom stereocenters. The van der Waals surface area contributed by atoms with E-state index in [0.29, 0.717) is 12.1 Å². The van der Waals surface area contributed by atoms with Gasteiger partial charge in [-0.05, 0) is 57.9 Å². The smallest absolute Gasteiger partial charge is 0.327 e. The van der Waals surface area contributed by atoms with E-state index >= 15 is 0 Å². The highest BCUT2D eigenvalue weighted by Gasteiger charge is 2.44. The molecule has 3 fully saturated rings. The third-order valence-electron chi connectivity index (χ3n) is 5.36. The first-order chi connectivity index (χ1) is 9.62. The fourth-order valence-corrected chi connectivity index (χ4v) is 4.23. The highest BCUT2D eigenvalue weighted by Crippen LogP contribution is 2.37. The second kappa shape index (κ2) is 5.64. The molecule has 0 amide bonds. The van der Waals surface area contributed by atoms with Crippen molar-refractivity contribution in [3.8, 4) is 0 Å². The highest BCUT2D eigenvalue weighted by atomic mass is 16.5. The Hall–Kier alpha value is -0.610. The molecule has 3 aliphatic rings. The van der Waals surface area contributed by atoms with Crippen molar-refractivity contribution in [1.29, 1.82) is 0 Å². The van der Waals surface area contributed by atoms with Crippen LogP contribution in [0, 0.1) is 5.92 Å². The Morgan fingerprint density at radius 3 is 2.70 bits per heavy atom. The number of piperidine rings is 1. The molecule has 0 aromatic rings. The molecule has 3 rings (SSSR count). The molecule has 1 heterocycles. The van der Waals surface area contributed by atoms with E-state index in [4.69, 9.17) is 4.74 Å². The van der Waals surface area contributed by atoms with Crippen molar-refractivity contribution in [2.45, 2.75) is 69.5 Å². The van der Waals surface area contributed by atoms with Crippen LogP contribution >= 0.6 is 0 Å². The van der Waals surface area contributed by atoms with Gasteiger partial charge in [-0.2, -0.15) is 0 Å². The van der Waals surface area contributed by atoms with Crippen molar-refractivity contribution in [2.75, 3.05) is 20.2 Å². The summed E-state index contributed by atoms with van der Waals surface area (Å²) < 4.78 is 5.07. The summed E-state index contributed by atoms with van der Waals surface area (Å²) in [5.74, 6) is 0.760. The van der Waals surface area contributed by atoms with Crippen LogP contribution in [-0.2, 0) is 9.53 Å². The van der Waals surface area contributed by atoms with Gasteiger partial charge in [-0.25, -0.2) is 0 Å². The standard InChI is InChI=1S/C16H28N2O2/c1-16(15(19)20-2,17-13-8-9-13)11-18-10-4-6-12-5-3-7-14(12)18/h12-14,17H,3-11H2,1-2H3. The van der Waals surface area contributed by atoms with E-state index in [-0.39, 0.29) is 5.97 Å². The van der Waals surface area contributed by atoms with Crippen molar-refractivity contribution in [2.24, 2.45) is 5.92 Å². The van der Waals surface area contributed by atoms with E-state index in [1.54, 1.807) is 0 Å². The van der Waals surface area contributed by atoms with Crippen molar-refractivity contribution in [1.82, 2.24) is 10.2 Å². The van der Waals surface area contributed by atoms with Gasteiger partial charge < -0.3 is 4.74 Å². The minimum Gasteiger partial charge on any atom is -0.468 e. The van der Waals surface area contributed by atoms with Gasteiger partial charge >= 0.3 is 5.97 Å². The molecule has 0 aromatic heterocycles. The van der Waals surface area contributed by atoms with E-state index < -0.39 is 5.54 Å². The fraction of sp³-hybridized carbons (Fsp3) is 0.938. The average molecular weight is 280 g/mol. The zero-order chi connectivity index (χ0) is 14.2. The molecule has 2 saturated carbocycles. The molecule has 20 heavy (non-hydrogen) atoms. The van der Waals surface area contributed by atoms with Gasteiger partial charge in [0.05, 0.1) is 7.11 Å². The molecule has 1 N–H and O–H groups in total. The minimum atomic E-state index is -0.541. The first kappa shape index (κ1) is 14.3. The second-order valence-electron chi connectivity index (χ2n) is 7.11. The fourth-order valence-electron chi connectivity index (χ4n) is 4.23. The van der Waals surface area contributed by atoms with Gasteiger partial charge in [-0.3, -0.25) is 15.0 Å². The summed E-state index contributed by atoms with van der Waals surface area (Å²) in [5.41, 5.74) is -0.541. The topological polar surface area (TPSA) is 41.6 Å². The lowest BCUT2D eigenvalue weighted by molar-refractivity contribution is -0.149. The quantitative estimate of drug-likeness (QED) is 0.781. The lowest BCUT2D eigenvalue weighted by atomic mass is 9.90. The number of nitrogens with zero attached hydrogens (tertiary/aromatic N) is 1. The summed E-state index contributed by atoms with van der Waals surface area (Å²) in [6, 6.07) is 1.22. The maximum absolute atomic E-state index is 12.3. The number of nitrogens with one attached hydrogen (secondary N) is 1. The Labute approximate surface area is 122 Å². The molecule has 1 aliphatic heterocycles. The van der Waals surface area contributed by atoms with Crippen LogP contribution in [0.4, 0.5) is 0 Å². The van der Waals surface area contributed by atoms with Gasteiger partial charge in [0.15, 0.2) is 0 Å². The number of methoxy groups -OCH3 is 1. The summed E-state index contributed by atoms with van der Waals surface area (Å²) in [5, 5.41) is 3.53. The number of hydrogen-bond acceptors (Lipinski definition) is 4. The van der Waals surface area contributed by atoms with Gasteiger partial charge in [-0.1, -0.05) is 6.42 Å². The third kappa shape index (κ3) is 2.86. The molecule has 1 saturated heterocycles. The zero-order valence-electron chi connectivity index (χ0n) is 12.9. The van der Waals surface area contributed by atoms with Crippen molar-refractivity contribution in [3.63, 3.8) is 0 Å². The molecule has 0 aromatic carbocycles. The Morgan fingerprint density at radius 1 is 1.25 bits per heavy atom. The maximum Gasteiger partial charge on any atom is 0.327 e. The third-order valence-corrected chi connectivity index (χ3v) is 5.36. The first-order valence-corrected chi connectivity index (χ1v) is 8.22. The van der Waals surface area contributed by atoms with Crippen LogP contribution in [0.15, 0.2) is 0 Å². The Kier molecular flexibility index (Phi) is 4.04. The van der Waals surface area contributed by atoms with Crippen molar-refractivity contribution < 1.29 is 9.53 Å². The molecule has 4 nitrogen and oxygen atoms in total. The van der Waals surface area contributed by atoms with Gasteiger partial charge in [-0.15, -0.1) is 0 Å². The van der Waals surface area contributed by atoms with Crippen LogP contribution in [-0.4, -0.2) is 48.7 Å². The summed E-state index contributed by atoms with van der Waals surface area (Å²) >= 11 is 0. The zero-order valence-corrected chi connectivity index (χ0v) is 12.9. The van der Waals surface area contributed by atoms with Gasteiger partial charge in [0, 0.05) is 18.6 Å². The summed E-state index contributed by atoms with van der Waals surface area (Å²) in [6.45, 7) is 3.97. The summed E-state index contributed by atoms with van der Waals surface area (Å²) in [6.07, 6.45) is 9.10. The van der Waals surface area contributed by atoms with Crippen LogP contribution in [0.1, 0.15) is 51.9 Å². The van der Waals surface area contributed by atoms with E-state index in [1.807, 2.05) is 6.92 Å². The first-order valence-electron chi connectivity index (χ1n) is 8.22. The molecular formula is C16H28N2O2. The number of carbonyl (C=O) groups is 1. The average Bonchev–Trinajstić information content (AvgIpc) is 3.10. The summed E-state index contributed by atoms with van der Waals surface area (Å²) in [4.78, 5) is 14.8. The number of fused-ring (bicyclic) bond motifs is 1. The van der Waals surface area contributed by atoms with E-state index in [0.717, 1.165) is 19.0 Å². The maximum atomic E-state index is 12.3. The lowest BCUT2D eigenvalue weighted by Crippen LogP contribution is -2.60. The molecule has 0 radical (unpaired) electrons. The van der Waals surface area contributed by atoms with Gasteiger partial charge in [0.25, 0.3) is 0 Å². The van der Waals surface area contributed by atoms with Crippen molar-refractivity contribution >= 4 is 5.97 Å². The van der Waals surface area contributed by atoms with Crippen LogP contribution in [0.3, 0.4) is 0 Å². The number of esters is 1. The van der Waals surface area contributed by atoms with Crippen LogP contribution in [0.25, 0.3) is 0 Å². The number of hydrogen-bond donors (Lipinski definition) is 1. The lowest BCUT2D eigenvalue weighted by Gasteiger charge is -2.42. The van der Waals surface area contributed by atoms with Crippen molar-refractivity contribution in [3.05, 3.63) is 0 Å². The molecule has 114 valence electrons. The summed E-state index contributed by atoms with van der Waals surface area (Å²) in [7, 11) is 1.50. The Morgan fingerprint density at radius 2 is 2.00 bits per heavy atom. The van der Waals surface area contributed by atoms with E-state index in [9.17, 15) is 4.79 Å². The number of likely N-dealkylation sites (tertiary alicyclic amines) is 1.